The van der Waals surface area contributed by atoms with Crippen LogP contribution in [0.15, 0.2) is 42.7 Å². The molecule has 0 aliphatic rings. The molecular weight excluding hydrogens is 452 g/mol. The Morgan fingerprint density at radius 3 is 2.50 bits per heavy atom. The first kappa shape index (κ1) is 23.3. The Kier molecular flexibility index (Phi) is 7.90. The fourth-order valence-corrected chi connectivity index (χ4v) is 2.42. The van der Waals surface area contributed by atoms with Crippen molar-refractivity contribution in [2.75, 3.05) is 13.2 Å². The van der Waals surface area contributed by atoms with Crippen LogP contribution >= 0.6 is 23.2 Å². The van der Waals surface area contributed by atoms with Gasteiger partial charge >= 0.3 is 18.1 Å². The van der Waals surface area contributed by atoms with Gasteiger partial charge in [-0.2, -0.15) is 13.2 Å². The number of carboxylic acid groups (broad SMARTS) is 1. The molecule has 7 nitrogen and oxygen atoms in total. The Labute approximate surface area is 177 Å². The summed E-state index contributed by atoms with van der Waals surface area (Å²) >= 11 is 11.9. The molecule has 0 fully saturated rings. The highest BCUT2D eigenvalue weighted by molar-refractivity contribution is 6.34. The van der Waals surface area contributed by atoms with Gasteiger partial charge in [0.15, 0.2) is 0 Å². The topological polar surface area (TPSA) is 102 Å². The first-order valence-electron chi connectivity index (χ1n) is 8.06. The summed E-state index contributed by atoms with van der Waals surface area (Å²) in [5.74, 6) is -2.74. The van der Waals surface area contributed by atoms with E-state index in [1.54, 1.807) is 42.7 Å². The van der Waals surface area contributed by atoms with Crippen LogP contribution in [0.25, 0.3) is 11.0 Å². The second kappa shape index (κ2) is 10.2. The first-order chi connectivity index (χ1) is 14.1. The van der Waals surface area contributed by atoms with Gasteiger partial charge < -0.3 is 19.6 Å². The van der Waals surface area contributed by atoms with Gasteiger partial charge in [0.25, 0.3) is 0 Å². The summed E-state index contributed by atoms with van der Waals surface area (Å²) in [6.45, 7) is 0.267. The molecule has 30 heavy (non-hydrogen) atoms. The third-order valence-corrected chi connectivity index (χ3v) is 3.94. The van der Waals surface area contributed by atoms with Crippen LogP contribution in [-0.2, 0) is 9.53 Å². The van der Waals surface area contributed by atoms with Crippen molar-refractivity contribution in [1.82, 2.24) is 9.97 Å². The minimum atomic E-state index is -5.08. The van der Waals surface area contributed by atoms with Crippen LogP contribution in [0.5, 0.6) is 5.75 Å². The monoisotopic (exact) mass is 464 g/mol. The average Bonchev–Trinajstić information content (AvgIpc) is 3.16. The van der Waals surface area contributed by atoms with E-state index in [0.717, 1.165) is 5.39 Å². The molecule has 0 atom stereocenters. The summed E-state index contributed by atoms with van der Waals surface area (Å²) in [6.07, 6.45) is -1.81. The number of ether oxygens (including phenoxy) is 2. The number of H-pyrrole nitrogens is 1. The molecule has 0 saturated heterocycles. The van der Waals surface area contributed by atoms with Crippen LogP contribution in [0.2, 0.25) is 10.0 Å². The molecule has 1 aromatic carbocycles. The highest BCUT2D eigenvalue weighted by atomic mass is 35.5. The highest BCUT2D eigenvalue weighted by Crippen LogP contribution is 2.27. The summed E-state index contributed by atoms with van der Waals surface area (Å²) in [6, 6.07) is 8.32. The number of hydrogen-bond donors (Lipinski definition) is 2. The lowest BCUT2D eigenvalue weighted by Gasteiger charge is -2.09. The van der Waals surface area contributed by atoms with Crippen LogP contribution in [0, 0.1) is 0 Å². The van der Waals surface area contributed by atoms with E-state index in [0.29, 0.717) is 27.0 Å². The maximum absolute atomic E-state index is 12.1. The molecule has 0 bridgehead atoms. The lowest BCUT2D eigenvalue weighted by molar-refractivity contribution is -0.192. The molecule has 0 saturated carbocycles. The zero-order valence-electron chi connectivity index (χ0n) is 14.9. The number of carbonyl (C=O) groups excluding carboxylic acids is 1. The molecule has 0 spiro atoms. The van der Waals surface area contributed by atoms with Crippen LogP contribution in [0.4, 0.5) is 13.2 Å². The van der Waals surface area contributed by atoms with Crippen molar-refractivity contribution in [3.05, 3.63) is 58.3 Å². The lowest BCUT2D eigenvalue weighted by Crippen LogP contribution is -2.21. The van der Waals surface area contributed by atoms with Crippen LogP contribution in [0.1, 0.15) is 10.4 Å². The van der Waals surface area contributed by atoms with Crippen molar-refractivity contribution in [2.45, 2.75) is 6.18 Å². The summed E-state index contributed by atoms with van der Waals surface area (Å²) in [4.78, 5) is 28.1. The largest absolute Gasteiger partial charge is 0.490 e. The van der Waals surface area contributed by atoms with Crippen molar-refractivity contribution < 1.29 is 37.3 Å². The Morgan fingerprint density at radius 2 is 1.83 bits per heavy atom. The van der Waals surface area contributed by atoms with Crippen LogP contribution < -0.4 is 4.74 Å². The molecule has 2 heterocycles. The zero-order chi connectivity index (χ0) is 22.3. The lowest BCUT2D eigenvalue weighted by atomic mass is 10.2. The maximum Gasteiger partial charge on any atom is 0.490 e. The molecule has 12 heteroatoms. The number of nitrogens with one attached hydrogen (secondary N) is 1. The van der Waals surface area contributed by atoms with E-state index < -0.39 is 18.1 Å². The number of hydrogen-bond acceptors (Lipinski definition) is 5. The van der Waals surface area contributed by atoms with E-state index in [1.807, 2.05) is 0 Å². The molecular formula is C18H13Cl2F3N2O5. The van der Waals surface area contributed by atoms with Gasteiger partial charge in [-0.15, -0.1) is 0 Å². The highest BCUT2D eigenvalue weighted by Gasteiger charge is 2.38. The van der Waals surface area contributed by atoms with Crippen molar-refractivity contribution in [2.24, 2.45) is 0 Å². The molecule has 0 amide bonds. The third-order valence-electron chi connectivity index (χ3n) is 3.39. The quantitative estimate of drug-likeness (QED) is 0.417. The Balaban J connectivity index is 0.000000396. The number of carboxylic acids is 1. The molecule has 2 N–H and O–H groups in total. The predicted octanol–water partition coefficient (Wildman–Crippen LogP) is 4.74. The number of alkyl halides is 3. The smallest absolute Gasteiger partial charge is 0.488 e. The fourth-order valence-electron chi connectivity index (χ4n) is 2.09. The van der Waals surface area contributed by atoms with Crippen molar-refractivity contribution in [1.29, 1.82) is 0 Å². The van der Waals surface area contributed by atoms with E-state index in [4.69, 9.17) is 42.6 Å². The number of benzene rings is 1. The van der Waals surface area contributed by atoms with Crippen LogP contribution in [0.3, 0.4) is 0 Å². The zero-order valence-corrected chi connectivity index (χ0v) is 16.4. The number of rotatable bonds is 5. The minimum Gasteiger partial charge on any atom is -0.488 e. The molecule has 3 aromatic rings. The molecule has 0 unspecified atom stereocenters. The van der Waals surface area contributed by atoms with Gasteiger partial charge in [0.05, 0.1) is 10.6 Å². The van der Waals surface area contributed by atoms with Crippen molar-refractivity contribution in [3.8, 4) is 5.75 Å². The average molecular weight is 465 g/mol. The summed E-state index contributed by atoms with van der Waals surface area (Å²) in [7, 11) is 0. The SMILES string of the molecule is O=C(O)C(F)(F)F.O=C(OCCOc1cc(Cl)ccc1Cl)c1ccnc2[nH]ccc12. The third kappa shape index (κ3) is 6.53. The van der Waals surface area contributed by atoms with Gasteiger partial charge in [0, 0.05) is 28.9 Å². The van der Waals surface area contributed by atoms with E-state index in [9.17, 15) is 18.0 Å². The molecule has 0 aliphatic carbocycles. The fraction of sp³-hybridized carbons (Fsp3) is 0.167. The first-order valence-corrected chi connectivity index (χ1v) is 8.82. The van der Waals surface area contributed by atoms with E-state index >= 15 is 0 Å². The number of nitrogens with zero attached hydrogens (tertiary/aromatic N) is 1. The number of pyridine rings is 1. The maximum atomic E-state index is 12.1. The standard InChI is InChI=1S/C16H12Cl2N2O3.C2HF3O2/c17-10-1-2-13(18)14(9-10)22-7-8-23-16(21)12-4-6-20-15-11(12)3-5-19-15;3-2(4,5)1(6)7/h1-6,9H,7-8H2,(H,19,20);(H,6,7). The van der Waals surface area contributed by atoms with Gasteiger partial charge in [-0.05, 0) is 24.3 Å². The summed E-state index contributed by atoms with van der Waals surface area (Å²) < 4.78 is 42.4. The number of esters is 1. The number of halogens is 5. The second-order valence-electron chi connectivity index (χ2n) is 5.46. The molecule has 3 rings (SSSR count). The molecule has 0 aliphatic heterocycles. The van der Waals surface area contributed by atoms with Gasteiger partial charge in [-0.25, -0.2) is 14.6 Å². The number of aliphatic carboxylic acids is 1. The predicted molar refractivity (Wildman–Crippen MR) is 102 cm³/mol. The van der Waals surface area contributed by atoms with Crippen LogP contribution in [-0.4, -0.2) is 46.4 Å². The molecule has 2 aromatic heterocycles. The number of aromatic nitrogens is 2. The number of fused-ring (bicyclic) bond motifs is 1. The summed E-state index contributed by atoms with van der Waals surface area (Å²) in [5, 5.41) is 8.81. The number of carbonyl (C=O) groups is 2. The van der Waals surface area contributed by atoms with Gasteiger partial charge in [0.1, 0.15) is 24.6 Å². The Bertz CT molecular complexity index is 1040. The Morgan fingerprint density at radius 1 is 1.13 bits per heavy atom. The second-order valence-corrected chi connectivity index (χ2v) is 6.30. The summed E-state index contributed by atoms with van der Waals surface area (Å²) in [5.41, 5.74) is 1.10. The van der Waals surface area contributed by atoms with Gasteiger partial charge in [-0.3, -0.25) is 0 Å². The van der Waals surface area contributed by atoms with E-state index in [1.165, 1.54) is 0 Å². The number of aromatic amines is 1. The van der Waals surface area contributed by atoms with E-state index in [-0.39, 0.29) is 13.2 Å². The van der Waals surface area contributed by atoms with Crippen molar-refractivity contribution >= 4 is 46.2 Å². The Hall–Kier alpha value is -2.98. The molecule has 0 radical (unpaired) electrons. The van der Waals surface area contributed by atoms with Gasteiger partial charge in [0.2, 0.25) is 0 Å². The van der Waals surface area contributed by atoms with E-state index in [2.05, 4.69) is 9.97 Å². The molecule has 160 valence electrons. The normalized spacial score (nSPS) is 10.8. The van der Waals surface area contributed by atoms with Crippen molar-refractivity contribution in [3.63, 3.8) is 0 Å². The van der Waals surface area contributed by atoms with Gasteiger partial charge in [-0.1, -0.05) is 23.2 Å². The minimum absolute atomic E-state index is 0.0932.